The minimum Gasteiger partial charge on any atom is -0.457 e. The molecule has 0 N–H and O–H groups in total. The molecule has 0 saturated heterocycles. The van der Waals surface area contributed by atoms with Crippen molar-refractivity contribution in [3.8, 4) is 28.7 Å². The van der Waals surface area contributed by atoms with Gasteiger partial charge in [0.25, 0.3) is 0 Å². The third kappa shape index (κ3) is 4.10. The maximum Gasteiger partial charge on any atom is 0.134 e. The van der Waals surface area contributed by atoms with Crippen LogP contribution >= 0.6 is 38.9 Å². The lowest BCUT2D eigenvalue weighted by molar-refractivity contribution is 0.572. The molecule has 0 amide bonds. The van der Waals surface area contributed by atoms with Gasteiger partial charge in [-0.15, -0.1) is 11.3 Å². The second kappa shape index (κ2) is 8.15. The van der Waals surface area contributed by atoms with E-state index in [-0.39, 0.29) is 0 Å². The van der Waals surface area contributed by atoms with Gasteiger partial charge in [-0.2, -0.15) is 5.26 Å². The van der Waals surface area contributed by atoms with Crippen LogP contribution in [0.1, 0.15) is 10.8 Å². The third-order valence-electron chi connectivity index (χ3n) is 4.04. The van der Waals surface area contributed by atoms with Crippen molar-refractivity contribution in [2.45, 2.75) is 0 Å². The fourth-order valence-electron chi connectivity index (χ4n) is 2.63. The highest BCUT2D eigenvalue weighted by molar-refractivity contribution is 9.10. The van der Waals surface area contributed by atoms with Crippen molar-refractivity contribution >= 4 is 50.5 Å². The number of benzene rings is 2. The summed E-state index contributed by atoms with van der Waals surface area (Å²) in [5, 5.41) is 12.8. The summed E-state index contributed by atoms with van der Waals surface area (Å²) in [5.74, 6) is 1.36. The number of furan rings is 1. The SMILES string of the molecule is N#CC(=Cc1ccc(-c2ccc(Br)cc2)o1)c1nc(-c2ccc(Cl)cc2)cs1. The number of halogens is 2. The average Bonchev–Trinajstić information content (AvgIpc) is 3.37. The fourth-order valence-corrected chi connectivity index (χ4v) is 3.82. The van der Waals surface area contributed by atoms with Crippen LogP contribution < -0.4 is 0 Å². The van der Waals surface area contributed by atoms with Crippen LogP contribution in [-0.4, -0.2) is 4.98 Å². The first-order valence-electron chi connectivity index (χ1n) is 8.32. The maximum absolute atomic E-state index is 9.60. The summed E-state index contributed by atoms with van der Waals surface area (Å²) < 4.78 is 6.90. The molecule has 0 bridgehead atoms. The minimum atomic E-state index is 0.460. The van der Waals surface area contributed by atoms with Crippen LogP contribution in [0.4, 0.5) is 0 Å². The Labute approximate surface area is 179 Å². The number of allylic oxidation sites excluding steroid dienone is 1. The number of thiazole rings is 1. The van der Waals surface area contributed by atoms with Gasteiger partial charge in [0.05, 0.1) is 11.3 Å². The Kier molecular flexibility index (Phi) is 5.45. The molecule has 2 aromatic heterocycles. The van der Waals surface area contributed by atoms with Crippen LogP contribution in [0.15, 0.2) is 74.9 Å². The van der Waals surface area contributed by atoms with Crippen molar-refractivity contribution < 1.29 is 4.42 Å². The van der Waals surface area contributed by atoms with Crippen molar-refractivity contribution in [2.24, 2.45) is 0 Å². The van der Waals surface area contributed by atoms with Crippen LogP contribution in [0.25, 0.3) is 34.2 Å². The van der Waals surface area contributed by atoms with E-state index in [9.17, 15) is 5.26 Å². The Hall–Kier alpha value is -2.65. The molecule has 0 unspecified atom stereocenters. The fraction of sp³-hybridized carbons (Fsp3) is 0. The Morgan fingerprint density at radius 3 is 2.46 bits per heavy atom. The lowest BCUT2D eigenvalue weighted by Gasteiger charge is -1.97. The number of hydrogen-bond acceptors (Lipinski definition) is 4. The first-order chi connectivity index (χ1) is 13.6. The van der Waals surface area contributed by atoms with E-state index in [4.69, 9.17) is 16.0 Å². The van der Waals surface area contributed by atoms with Crippen molar-refractivity contribution in [3.63, 3.8) is 0 Å². The summed E-state index contributed by atoms with van der Waals surface area (Å²) in [6, 6.07) is 21.3. The van der Waals surface area contributed by atoms with Gasteiger partial charge in [-0.25, -0.2) is 4.98 Å². The molecule has 0 saturated carbocycles. The molecule has 4 aromatic rings. The normalized spacial score (nSPS) is 11.4. The maximum atomic E-state index is 9.60. The van der Waals surface area contributed by atoms with E-state index < -0.39 is 0 Å². The molecular weight excluding hydrogens is 456 g/mol. The highest BCUT2D eigenvalue weighted by atomic mass is 79.9. The topological polar surface area (TPSA) is 49.8 Å². The lowest BCUT2D eigenvalue weighted by atomic mass is 10.2. The van der Waals surface area contributed by atoms with Crippen LogP contribution in [0.5, 0.6) is 0 Å². The minimum absolute atomic E-state index is 0.460. The zero-order valence-electron chi connectivity index (χ0n) is 14.4. The Bertz CT molecular complexity index is 1180. The van der Waals surface area contributed by atoms with Gasteiger partial charge in [0.2, 0.25) is 0 Å². The highest BCUT2D eigenvalue weighted by Crippen LogP contribution is 2.29. The van der Waals surface area contributed by atoms with E-state index in [0.29, 0.717) is 21.4 Å². The molecule has 3 nitrogen and oxygen atoms in total. The molecule has 0 atom stereocenters. The first-order valence-corrected chi connectivity index (χ1v) is 10.4. The molecular formula is C22H12BrClN2OS. The molecule has 0 aliphatic heterocycles. The molecule has 136 valence electrons. The number of hydrogen-bond donors (Lipinski definition) is 0. The Balaban J connectivity index is 1.61. The molecule has 4 rings (SSSR count). The van der Waals surface area contributed by atoms with E-state index >= 15 is 0 Å². The summed E-state index contributed by atoms with van der Waals surface area (Å²) in [6.45, 7) is 0. The Morgan fingerprint density at radius 2 is 1.75 bits per heavy atom. The van der Waals surface area contributed by atoms with Crippen LogP contribution in [0, 0.1) is 11.3 Å². The zero-order valence-corrected chi connectivity index (χ0v) is 17.6. The third-order valence-corrected chi connectivity index (χ3v) is 5.69. The molecule has 0 spiro atoms. The van der Waals surface area contributed by atoms with Crippen molar-refractivity contribution in [1.82, 2.24) is 4.98 Å². The molecule has 0 aliphatic rings. The van der Waals surface area contributed by atoms with Crippen molar-refractivity contribution in [2.75, 3.05) is 0 Å². The van der Waals surface area contributed by atoms with Gasteiger partial charge < -0.3 is 4.42 Å². The second-order valence-corrected chi connectivity index (χ2v) is 8.13. The molecule has 0 radical (unpaired) electrons. The summed E-state index contributed by atoms with van der Waals surface area (Å²) in [5.41, 5.74) is 3.20. The number of nitrogens with zero attached hydrogens (tertiary/aromatic N) is 2. The van der Waals surface area contributed by atoms with Crippen LogP contribution in [-0.2, 0) is 0 Å². The van der Waals surface area contributed by atoms with Crippen molar-refractivity contribution in [1.29, 1.82) is 5.26 Å². The molecule has 2 aromatic carbocycles. The first kappa shape index (κ1) is 18.7. The van der Waals surface area contributed by atoms with Gasteiger partial charge in [0.1, 0.15) is 22.6 Å². The summed E-state index contributed by atoms with van der Waals surface area (Å²) in [6.07, 6.45) is 1.72. The summed E-state index contributed by atoms with van der Waals surface area (Å²) in [7, 11) is 0. The number of aromatic nitrogens is 1. The smallest absolute Gasteiger partial charge is 0.134 e. The van der Waals surface area contributed by atoms with E-state index in [1.165, 1.54) is 11.3 Å². The van der Waals surface area contributed by atoms with Gasteiger partial charge in [-0.1, -0.05) is 51.8 Å². The van der Waals surface area contributed by atoms with Gasteiger partial charge in [-0.3, -0.25) is 0 Å². The zero-order chi connectivity index (χ0) is 19.5. The van der Waals surface area contributed by atoms with E-state index in [1.54, 1.807) is 6.08 Å². The van der Waals surface area contributed by atoms with E-state index in [1.807, 2.05) is 66.0 Å². The number of nitriles is 1. The van der Waals surface area contributed by atoms with Gasteiger partial charge >= 0.3 is 0 Å². The van der Waals surface area contributed by atoms with Gasteiger partial charge in [-0.05, 0) is 36.4 Å². The van der Waals surface area contributed by atoms with E-state index in [0.717, 1.165) is 27.1 Å². The monoisotopic (exact) mass is 466 g/mol. The number of rotatable bonds is 4. The highest BCUT2D eigenvalue weighted by Gasteiger charge is 2.11. The van der Waals surface area contributed by atoms with Gasteiger partial charge in [0, 0.05) is 32.1 Å². The standard InChI is InChI=1S/C22H12BrClN2OS/c23-17-5-1-15(2-6-17)21-10-9-19(27-21)11-16(12-25)22-26-20(13-28-22)14-3-7-18(24)8-4-14/h1-11,13H. The molecule has 6 heteroatoms. The van der Waals surface area contributed by atoms with Crippen LogP contribution in [0.3, 0.4) is 0 Å². The van der Waals surface area contributed by atoms with Gasteiger partial charge in [0.15, 0.2) is 0 Å². The molecule has 0 fully saturated rings. The van der Waals surface area contributed by atoms with Crippen molar-refractivity contribution in [3.05, 3.63) is 86.3 Å². The predicted molar refractivity (Wildman–Crippen MR) is 118 cm³/mol. The van der Waals surface area contributed by atoms with Crippen LogP contribution in [0.2, 0.25) is 5.02 Å². The predicted octanol–water partition coefficient (Wildman–Crippen LogP) is 7.55. The quantitative estimate of drug-likeness (QED) is 0.291. The average molecular weight is 468 g/mol. The molecule has 2 heterocycles. The summed E-state index contributed by atoms with van der Waals surface area (Å²) in [4.78, 5) is 4.59. The molecule has 28 heavy (non-hydrogen) atoms. The largest absolute Gasteiger partial charge is 0.457 e. The lowest BCUT2D eigenvalue weighted by Crippen LogP contribution is -1.82. The molecule has 0 aliphatic carbocycles. The Morgan fingerprint density at radius 1 is 1.04 bits per heavy atom. The summed E-state index contributed by atoms with van der Waals surface area (Å²) >= 11 is 10.8. The second-order valence-electron chi connectivity index (χ2n) is 5.92. The van der Waals surface area contributed by atoms with E-state index in [2.05, 4.69) is 27.0 Å².